The van der Waals surface area contributed by atoms with Gasteiger partial charge in [-0.05, 0) is 13.8 Å². The SMILES string of the molecule is CC(C)NP(C)(C)=O. The summed E-state index contributed by atoms with van der Waals surface area (Å²) < 4.78 is 10.9. The molecule has 0 fully saturated rings. The van der Waals surface area contributed by atoms with E-state index in [9.17, 15) is 4.57 Å². The normalized spacial score (nSPS) is 12.6. The first-order valence-electron chi connectivity index (χ1n) is 2.74. The molecule has 0 bridgehead atoms. The first-order valence-corrected chi connectivity index (χ1v) is 5.35. The zero-order valence-corrected chi connectivity index (χ0v) is 6.83. The third-order valence-electron chi connectivity index (χ3n) is 0.569. The summed E-state index contributed by atoms with van der Waals surface area (Å²) in [4.78, 5) is 0. The van der Waals surface area contributed by atoms with Crippen LogP contribution in [0.25, 0.3) is 0 Å². The molecule has 0 amide bonds. The summed E-state index contributed by atoms with van der Waals surface area (Å²) in [6.07, 6.45) is 0. The fourth-order valence-corrected chi connectivity index (χ4v) is 1.87. The van der Waals surface area contributed by atoms with Crippen LogP contribution in [0, 0.1) is 0 Å². The molecule has 0 rings (SSSR count). The van der Waals surface area contributed by atoms with E-state index in [1.54, 1.807) is 13.3 Å². The lowest BCUT2D eigenvalue weighted by molar-refractivity contribution is 0.565. The summed E-state index contributed by atoms with van der Waals surface area (Å²) in [6, 6.07) is 0.329. The Morgan fingerprint density at radius 1 is 1.38 bits per heavy atom. The summed E-state index contributed by atoms with van der Waals surface area (Å²) in [6.45, 7) is 7.43. The third-order valence-corrected chi connectivity index (χ3v) is 1.71. The molecule has 0 spiro atoms. The molecule has 0 aromatic rings. The Hall–Kier alpha value is 0.190. The standard InChI is InChI=1S/C5H14NOP/c1-5(2)6-8(3,4)7/h5H,1-4H3,(H,6,7). The highest BCUT2D eigenvalue weighted by Crippen LogP contribution is 2.30. The van der Waals surface area contributed by atoms with Gasteiger partial charge in [0.05, 0.1) is 0 Å². The van der Waals surface area contributed by atoms with Gasteiger partial charge in [-0.1, -0.05) is 0 Å². The lowest BCUT2D eigenvalue weighted by atomic mass is 10.4. The van der Waals surface area contributed by atoms with Gasteiger partial charge in [-0.2, -0.15) is 0 Å². The van der Waals surface area contributed by atoms with Gasteiger partial charge in [0.1, 0.15) is 7.29 Å². The topological polar surface area (TPSA) is 29.1 Å². The third kappa shape index (κ3) is 6.19. The van der Waals surface area contributed by atoms with Crippen molar-refractivity contribution in [1.82, 2.24) is 5.09 Å². The minimum absolute atomic E-state index is 0.329. The quantitative estimate of drug-likeness (QED) is 0.581. The Morgan fingerprint density at radius 3 is 1.75 bits per heavy atom. The number of hydrogen-bond acceptors (Lipinski definition) is 1. The molecule has 8 heavy (non-hydrogen) atoms. The molecule has 0 aromatic carbocycles. The highest BCUT2D eigenvalue weighted by molar-refractivity contribution is 7.60. The highest BCUT2D eigenvalue weighted by atomic mass is 31.2. The highest BCUT2D eigenvalue weighted by Gasteiger charge is 2.05. The van der Waals surface area contributed by atoms with Crippen LogP contribution in [-0.2, 0) is 4.57 Å². The van der Waals surface area contributed by atoms with Crippen LogP contribution >= 0.6 is 7.29 Å². The van der Waals surface area contributed by atoms with E-state index in [0.717, 1.165) is 0 Å². The molecule has 3 heteroatoms. The van der Waals surface area contributed by atoms with Gasteiger partial charge < -0.3 is 4.57 Å². The van der Waals surface area contributed by atoms with Gasteiger partial charge in [0.25, 0.3) is 0 Å². The first-order chi connectivity index (χ1) is 3.42. The Labute approximate surface area is 51.1 Å². The molecule has 0 saturated heterocycles. The molecule has 0 atom stereocenters. The largest absolute Gasteiger partial charge is 0.307 e. The van der Waals surface area contributed by atoms with E-state index in [0.29, 0.717) is 6.04 Å². The van der Waals surface area contributed by atoms with Crippen molar-refractivity contribution < 1.29 is 4.57 Å². The Kier molecular flexibility index (Phi) is 2.72. The van der Waals surface area contributed by atoms with Crippen LogP contribution in [-0.4, -0.2) is 19.4 Å². The van der Waals surface area contributed by atoms with Crippen molar-refractivity contribution in [3.63, 3.8) is 0 Å². The van der Waals surface area contributed by atoms with E-state index >= 15 is 0 Å². The van der Waals surface area contributed by atoms with Crippen molar-refractivity contribution in [1.29, 1.82) is 0 Å². The lowest BCUT2D eigenvalue weighted by Gasteiger charge is -2.11. The lowest BCUT2D eigenvalue weighted by Crippen LogP contribution is -2.17. The molecule has 0 saturated carbocycles. The predicted molar refractivity (Wildman–Crippen MR) is 37.7 cm³/mol. The van der Waals surface area contributed by atoms with E-state index in [-0.39, 0.29) is 0 Å². The molecule has 1 N–H and O–H groups in total. The summed E-state index contributed by atoms with van der Waals surface area (Å²) in [5.74, 6) is 0. The van der Waals surface area contributed by atoms with Crippen molar-refractivity contribution in [2.75, 3.05) is 13.3 Å². The average molecular weight is 135 g/mol. The average Bonchev–Trinajstić information content (AvgIpc) is 1.21. The van der Waals surface area contributed by atoms with E-state index < -0.39 is 7.29 Å². The maximum absolute atomic E-state index is 10.9. The van der Waals surface area contributed by atoms with Crippen LogP contribution in [0.4, 0.5) is 0 Å². The van der Waals surface area contributed by atoms with E-state index in [4.69, 9.17) is 0 Å². The Bertz CT molecular complexity index is 105. The van der Waals surface area contributed by atoms with Gasteiger partial charge in [0, 0.05) is 19.4 Å². The van der Waals surface area contributed by atoms with Crippen molar-refractivity contribution in [2.45, 2.75) is 19.9 Å². The molecule has 0 aliphatic heterocycles. The van der Waals surface area contributed by atoms with Gasteiger partial charge in [-0.3, -0.25) is 5.09 Å². The van der Waals surface area contributed by atoms with Crippen LogP contribution in [0.1, 0.15) is 13.8 Å². The zero-order valence-electron chi connectivity index (χ0n) is 5.93. The van der Waals surface area contributed by atoms with Gasteiger partial charge in [-0.25, -0.2) is 0 Å². The van der Waals surface area contributed by atoms with Gasteiger partial charge in [0.2, 0.25) is 0 Å². The fraction of sp³-hybridized carbons (Fsp3) is 1.00. The maximum Gasteiger partial charge on any atom is 0.142 e. The smallest absolute Gasteiger partial charge is 0.142 e. The Balaban J connectivity index is 3.56. The number of nitrogens with one attached hydrogen (secondary N) is 1. The molecular formula is C5H14NOP. The van der Waals surface area contributed by atoms with Gasteiger partial charge in [-0.15, -0.1) is 0 Å². The molecule has 50 valence electrons. The number of rotatable bonds is 2. The molecule has 0 aliphatic rings. The van der Waals surface area contributed by atoms with Gasteiger partial charge >= 0.3 is 0 Å². The van der Waals surface area contributed by atoms with Crippen LogP contribution in [0.5, 0.6) is 0 Å². The first kappa shape index (κ1) is 8.19. The van der Waals surface area contributed by atoms with Gasteiger partial charge in [0.15, 0.2) is 0 Å². The van der Waals surface area contributed by atoms with Crippen LogP contribution < -0.4 is 5.09 Å². The molecule has 0 aliphatic carbocycles. The molecule has 2 nitrogen and oxygen atoms in total. The van der Waals surface area contributed by atoms with E-state index in [1.165, 1.54) is 0 Å². The molecule has 0 heterocycles. The van der Waals surface area contributed by atoms with E-state index in [1.807, 2.05) is 13.8 Å². The van der Waals surface area contributed by atoms with Crippen LogP contribution in [0.2, 0.25) is 0 Å². The maximum atomic E-state index is 10.9. The molecular weight excluding hydrogens is 121 g/mol. The van der Waals surface area contributed by atoms with Crippen molar-refractivity contribution in [3.8, 4) is 0 Å². The van der Waals surface area contributed by atoms with E-state index in [2.05, 4.69) is 5.09 Å². The second-order valence-electron chi connectivity index (χ2n) is 2.63. The second-order valence-corrected chi connectivity index (χ2v) is 5.59. The predicted octanol–water partition coefficient (Wildman–Crippen LogP) is 1.52. The minimum atomic E-state index is -1.97. The molecule has 0 unspecified atom stereocenters. The zero-order chi connectivity index (χ0) is 6.78. The van der Waals surface area contributed by atoms with Crippen molar-refractivity contribution in [2.24, 2.45) is 0 Å². The van der Waals surface area contributed by atoms with Crippen LogP contribution in [0.15, 0.2) is 0 Å². The summed E-state index contributed by atoms with van der Waals surface area (Å²) in [7, 11) is -1.97. The second kappa shape index (κ2) is 2.65. The molecule has 0 aromatic heterocycles. The monoisotopic (exact) mass is 135 g/mol. The summed E-state index contributed by atoms with van der Waals surface area (Å²) in [5.41, 5.74) is 0. The minimum Gasteiger partial charge on any atom is -0.307 e. The Morgan fingerprint density at radius 2 is 1.75 bits per heavy atom. The van der Waals surface area contributed by atoms with Crippen molar-refractivity contribution in [3.05, 3.63) is 0 Å². The summed E-state index contributed by atoms with van der Waals surface area (Å²) in [5, 5.41) is 2.94. The fourth-order valence-electron chi connectivity index (χ4n) is 0.622. The number of hydrogen-bond donors (Lipinski definition) is 1. The van der Waals surface area contributed by atoms with Crippen molar-refractivity contribution >= 4 is 7.29 Å². The summed E-state index contributed by atoms with van der Waals surface area (Å²) >= 11 is 0. The molecule has 0 radical (unpaired) electrons. The van der Waals surface area contributed by atoms with Crippen LogP contribution in [0.3, 0.4) is 0 Å².